The van der Waals surface area contributed by atoms with Gasteiger partial charge in [0.2, 0.25) is 0 Å². The van der Waals surface area contributed by atoms with Crippen LogP contribution < -0.4 is 5.32 Å². The Balaban J connectivity index is 2.18. The Morgan fingerprint density at radius 3 is 2.44 bits per heavy atom. The first-order chi connectivity index (χ1) is 11.8. The summed E-state index contributed by atoms with van der Waals surface area (Å²) in [5, 5.41) is 2.68. The molecule has 0 aliphatic carbocycles. The lowest BCUT2D eigenvalue weighted by Gasteiger charge is -2.32. The number of pyridine rings is 1. The number of amides is 1. The van der Waals surface area contributed by atoms with Gasteiger partial charge < -0.3 is 5.32 Å². The van der Waals surface area contributed by atoms with Gasteiger partial charge in [-0.3, -0.25) is 9.10 Å². The molecule has 0 atom stereocenters. The predicted octanol–water partition coefficient (Wildman–Crippen LogP) is 2.72. The lowest BCUT2D eigenvalue weighted by Crippen LogP contribution is -2.38. The van der Waals surface area contributed by atoms with E-state index >= 15 is 0 Å². The number of allylic oxidation sites excluding steroid dienone is 1. The van der Waals surface area contributed by atoms with Crippen LogP contribution in [0.4, 0.5) is 5.82 Å². The molecule has 1 amide bonds. The lowest BCUT2D eigenvalue weighted by molar-refractivity contribution is -0.113. The van der Waals surface area contributed by atoms with E-state index in [0.29, 0.717) is 17.0 Å². The van der Waals surface area contributed by atoms with Crippen molar-refractivity contribution in [3.05, 3.63) is 59.9 Å². The number of carbonyl (C=O) groups is 1. The number of fused-ring (bicyclic) bond motifs is 1. The Hall–Kier alpha value is -2.67. The van der Waals surface area contributed by atoms with Crippen molar-refractivity contribution in [1.29, 1.82) is 0 Å². The molecule has 0 fully saturated rings. The highest BCUT2D eigenvalue weighted by atomic mass is 32.2. The van der Waals surface area contributed by atoms with E-state index < -0.39 is 15.9 Å². The van der Waals surface area contributed by atoms with Crippen LogP contribution in [0.1, 0.15) is 19.4 Å². The van der Waals surface area contributed by atoms with Crippen molar-refractivity contribution in [3.8, 4) is 0 Å². The van der Waals surface area contributed by atoms with Crippen LogP contribution in [0.5, 0.6) is 0 Å². The molecule has 0 spiro atoms. The molecule has 0 saturated heterocycles. The van der Waals surface area contributed by atoms with E-state index in [-0.39, 0.29) is 16.5 Å². The maximum Gasteiger partial charge on any atom is 0.274 e. The zero-order valence-corrected chi connectivity index (χ0v) is 15.0. The van der Waals surface area contributed by atoms with Gasteiger partial charge in [-0.2, -0.15) is 0 Å². The van der Waals surface area contributed by atoms with Gasteiger partial charge in [0.05, 0.1) is 4.90 Å². The number of anilines is 1. The smallest absolute Gasteiger partial charge is 0.274 e. The third-order valence-corrected chi connectivity index (χ3v) is 5.90. The molecule has 3 rings (SSSR count). The van der Waals surface area contributed by atoms with Crippen molar-refractivity contribution in [3.63, 3.8) is 0 Å². The fourth-order valence-electron chi connectivity index (χ4n) is 2.94. The van der Waals surface area contributed by atoms with Crippen LogP contribution in [0.25, 0.3) is 5.57 Å². The van der Waals surface area contributed by atoms with E-state index in [2.05, 4.69) is 10.3 Å². The van der Waals surface area contributed by atoms with Crippen molar-refractivity contribution in [2.75, 3.05) is 12.4 Å². The van der Waals surface area contributed by atoms with Crippen LogP contribution in [-0.4, -0.2) is 30.7 Å². The Kier molecular flexibility index (Phi) is 4.34. The molecule has 2 heterocycles. The van der Waals surface area contributed by atoms with Crippen molar-refractivity contribution < 1.29 is 13.2 Å². The molecular formula is C18H19N3O3S. The van der Waals surface area contributed by atoms with Gasteiger partial charge in [0, 0.05) is 18.8 Å². The third-order valence-electron chi connectivity index (χ3n) is 4.08. The largest absolute Gasteiger partial charge is 0.305 e. The molecule has 0 unspecified atom stereocenters. The second-order valence-electron chi connectivity index (χ2n) is 6.05. The Labute approximate surface area is 147 Å². The molecule has 0 saturated carbocycles. The molecule has 2 aromatic rings. The maximum absolute atomic E-state index is 12.9. The van der Waals surface area contributed by atoms with E-state index in [4.69, 9.17) is 0 Å². The second-order valence-corrected chi connectivity index (χ2v) is 7.99. The first-order valence-electron chi connectivity index (χ1n) is 7.89. The van der Waals surface area contributed by atoms with Gasteiger partial charge in [-0.05, 0) is 29.7 Å². The highest BCUT2D eigenvalue weighted by molar-refractivity contribution is 7.89. The van der Waals surface area contributed by atoms with Gasteiger partial charge in [0.1, 0.15) is 11.5 Å². The summed E-state index contributed by atoms with van der Waals surface area (Å²) in [5.41, 5.74) is 1.39. The van der Waals surface area contributed by atoms with E-state index in [1.807, 2.05) is 13.8 Å². The van der Waals surface area contributed by atoms with E-state index in [1.165, 1.54) is 7.05 Å². The minimum atomic E-state index is -3.78. The number of nitrogens with zero attached hydrogens (tertiary/aromatic N) is 2. The summed E-state index contributed by atoms with van der Waals surface area (Å²) in [5.74, 6) is -0.167. The second kappa shape index (κ2) is 6.33. The molecule has 1 aromatic carbocycles. The van der Waals surface area contributed by atoms with Gasteiger partial charge >= 0.3 is 0 Å². The SMILES string of the molecule is CC(C)C1=C(C(=O)Nc2ccccn2)N(C)S(=O)(=O)c2ccccc21. The quantitative estimate of drug-likeness (QED) is 0.916. The van der Waals surface area contributed by atoms with Crippen molar-refractivity contribution >= 4 is 27.3 Å². The standard InChI is InChI=1S/C18H19N3O3S/c1-12(2)16-13-8-4-5-9-14(13)25(23,24)21(3)17(16)18(22)20-15-10-6-7-11-19-15/h4-12H,1-3H3,(H,19,20,22). The number of rotatable bonds is 3. The number of aromatic nitrogens is 1. The molecule has 1 N–H and O–H groups in total. The summed E-state index contributed by atoms with van der Waals surface area (Å²) in [6, 6.07) is 11.9. The van der Waals surface area contributed by atoms with Crippen LogP contribution in [0.3, 0.4) is 0 Å². The monoisotopic (exact) mass is 357 g/mol. The topological polar surface area (TPSA) is 79.4 Å². The molecule has 1 aliphatic heterocycles. The van der Waals surface area contributed by atoms with E-state index in [9.17, 15) is 13.2 Å². The van der Waals surface area contributed by atoms with Crippen molar-refractivity contribution in [2.24, 2.45) is 5.92 Å². The van der Waals surface area contributed by atoms with Gasteiger partial charge in [-0.15, -0.1) is 0 Å². The fourth-order valence-corrected chi connectivity index (χ4v) is 4.36. The summed E-state index contributed by atoms with van der Waals surface area (Å²) in [7, 11) is -2.38. The minimum Gasteiger partial charge on any atom is -0.305 e. The van der Waals surface area contributed by atoms with Crippen LogP contribution >= 0.6 is 0 Å². The predicted molar refractivity (Wildman–Crippen MR) is 96.0 cm³/mol. The number of sulfonamides is 1. The number of hydrogen-bond donors (Lipinski definition) is 1. The average Bonchev–Trinajstić information content (AvgIpc) is 2.58. The summed E-state index contributed by atoms with van der Waals surface area (Å²) < 4.78 is 26.7. The summed E-state index contributed by atoms with van der Waals surface area (Å²) in [6.07, 6.45) is 1.56. The zero-order valence-electron chi connectivity index (χ0n) is 14.2. The molecule has 1 aliphatic rings. The number of likely N-dealkylation sites (N-methyl/N-ethyl adjacent to an activating group) is 1. The van der Waals surface area contributed by atoms with Crippen molar-refractivity contribution in [2.45, 2.75) is 18.7 Å². The maximum atomic E-state index is 12.9. The molecule has 25 heavy (non-hydrogen) atoms. The Bertz CT molecular complexity index is 951. The van der Waals surface area contributed by atoms with Crippen molar-refractivity contribution in [1.82, 2.24) is 9.29 Å². The zero-order chi connectivity index (χ0) is 18.2. The summed E-state index contributed by atoms with van der Waals surface area (Å²) in [4.78, 5) is 17.2. The lowest BCUT2D eigenvalue weighted by atomic mass is 9.92. The van der Waals surface area contributed by atoms with Gasteiger partial charge in [-0.1, -0.05) is 38.1 Å². The van der Waals surface area contributed by atoms with E-state index in [1.54, 1.807) is 48.7 Å². The van der Waals surface area contributed by atoms with Crippen LogP contribution in [0.2, 0.25) is 0 Å². The molecule has 7 heteroatoms. The highest BCUT2D eigenvalue weighted by Crippen LogP contribution is 2.39. The molecule has 6 nitrogen and oxygen atoms in total. The summed E-state index contributed by atoms with van der Waals surface area (Å²) >= 11 is 0. The average molecular weight is 357 g/mol. The first kappa shape index (κ1) is 17.2. The fraction of sp³-hybridized carbons (Fsp3) is 0.222. The Morgan fingerprint density at radius 2 is 1.80 bits per heavy atom. The molecule has 0 radical (unpaired) electrons. The molecule has 0 bridgehead atoms. The summed E-state index contributed by atoms with van der Waals surface area (Å²) in [6.45, 7) is 3.87. The highest BCUT2D eigenvalue weighted by Gasteiger charge is 2.38. The van der Waals surface area contributed by atoms with Gasteiger partial charge in [-0.25, -0.2) is 13.4 Å². The number of benzene rings is 1. The molecule has 130 valence electrons. The molecular weight excluding hydrogens is 338 g/mol. The number of carbonyl (C=O) groups excluding carboxylic acids is 1. The van der Waals surface area contributed by atoms with Crippen LogP contribution in [-0.2, 0) is 14.8 Å². The van der Waals surface area contributed by atoms with E-state index in [0.717, 1.165) is 4.31 Å². The first-order valence-corrected chi connectivity index (χ1v) is 9.33. The number of nitrogens with one attached hydrogen (secondary N) is 1. The number of hydrogen-bond acceptors (Lipinski definition) is 4. The Morgan fingerprint density at radius 1 is 1.12 bits per heavy atom. The van der Waals surface area contributed by atoms with Crippen LogP contribution in [0.15, 0.2) is 59.3 Å². The van der Waals surface area contributed by atoms with Gasteiger partial charge in [0.15, 0.2) is 0 Å². The third kappa shape index (κ3) is 2.91. The minimum absolute atomic E-state index is 0.0383. The molecule has 1 aromatic heterocycles. The normalized spacial score (nSPS) is 15.9. The van der Waals surface area contributed by atoms with Gasteiger partial charge in [0.25, 0.3) is 15.9 Å². The van der Waals surface area contributed by atoms with Crippen LogP contribution in [0, 0.1) is 5.92 Å².